The molecule has 1 N–H and O–H groups in total. The number of amides is 2. The van der Waals surface area contributed by atoms with Gasteiger partial charge in [-0.3, -0.25) is 4.79 Å². The molecule has 2 amide bonds. The molecule has 2 aromatic carbocycles. The van der Waals surface area contributed by atoms with Gasteiger partial charge in [0.1, 0.15) is 11.5 Å². The van der Waals surface area contributed by atoms with Gasteiger partial charge in [0, 0.05) is 31.1 Å². The lowest BCUT2D eigenvalue weighted by Gasteiger charge is -2.32. The van der Waals surface area contributed by atoms with Crippen LogP contribution in [0.5, 0.6) is 5.75 Å². The molecule has 3 rings (SSSR count). The summed E-state index contributed by atoms with van der Waals surface area (Å²) >= 11 is 0. The number of hydrogen-bond donors (Lipinski definition) is 1. The molecule has 0 unspecified atom stereocenters. The molecule has 142 valence electrons. The Morgan fingerprint density at radius 3 is 2.56 bits per heavy atom. The third-order valence-corrected chi connectivity index (χ3v) is 5.01. The van der Waals surface area contributed by atoms with Crippen molar-refractivity contribution in [1.82, 2.24) is 4.90 Å². The van der Waals surface area contributed by atoms with Crippen LogP contribution in [0.25, 0.3) is 0 Å². The van der Waals surface area contributed by atoms with Gasteiger partial charge in [0.2, 0.25) is 0 Å². The summed E-state index contributed by atoms with van der Waals surface area (Å²) in [6.45, 7) is 1.18. The van der Waals surface area contributed by atoms with Crippen LogP contribution < -0.4 is 10.1 Å². The van der Waals surface area contributed by atoms with Crippen molar-refractivity contribution in [1.29, 1.82) is 0 Å². The first-order chi connectivity index (χ1) is 13.2. The summed E-state index contributed by atoms with van der Waals surface area (Å²) in [5.41, 5.74) is 1.90. The maximum absolute atomic E-state index is 12.6. The van der Waals surface area contributed by atoms with Crippen LogP contribution in [0.4, 0.5) is 10.5 Å². The Kier molecular flexibility index (Phi) is 6.47. The molecule has 0 saturated carbocycles. The number of hydrogen-bond acceptors (Lipinski definition) is 3. The minimum absolute atomic E-state index is 0.0657. The normalized spacial score (nSPS) is 16.6. The number of ether oxygens (including phenoxy) is 1. The van der Waals surface area contributed by atoms with Gasteiger partial charge in [0.05, 0.1) is 7.11 Å². The Bertz CT molecular complexity index is 759. The van der Waals surface area contributed by atoms with Gasteiger partial charge in [-0.1, -0.05) is 30.3 Å². The van der Waals surface area contributed by atoms with Gasteiger partial charge < -0.3 is 15.0 Å². The highest BCUT2D eigenvalue weighted by Gasteiger charge is 2.28. The smallest absolute Gasteiger partial charge is 0.321 e. The van der Waals surface area contributed by atoms with Crippen LogP contribution in [0.2, 0.25) is 0 Å². The van der Waals surface area contributed by atoms with Crippen LogP contribution >= 0.6 is 0 Å². The number of anilines is 1. The molecular weight excluding hydrogens is 340 g/mol. The first-order valence-corrected chi connectivity index (χ1v) is 9.42. The molecule has 1 aliphatic rings. The van der Waals surface area contributed by atoms with Gasteiger partial charge in [-0.05, 0) is 49.1 Å². The number of nitrogens with zero attached hydrogens (tertiary/aromatic N) is 1. The number of carbonyl (C=O) groups is 2. The van der Waals surface area contributed by atoms with Gasteiger partial charge in [-0.15, -0.1) is 0 Å². The van der Waals surface area contributed by atoms with E-state index in [1.54, 1.807) is 12.0 Å². The number of likely N-dealkylation sites (tertiary alicyclic amines) is 1. The Morgan fingerprint density at radius 2 is 1.85 bits per heavy atom. The SMILES string of the molecule is COc1ccc(NC(=O)N2CCC[C@@H](C(=O)CCc3ccccc3)C2)cc1. The number of aryl methyl sites for hydroxylation is 1. The fourth-order valence-electron chi connectivity index (χ4n) is 3.42. The summed E-state index contributed by atoms with van der Waals surface area (Å²) in [5, 5.41) is 2.90. The standard InChI is InChI=1S/C22H26N2O3/c1-27-20-12-10-19(11-13-20)23-22(26)24-15-5-8-18(16-24)21(25)14-9-17-6-3-2-4-7-17/h2-4,6-7,10-13,18H,5,8-9,14-16H2,1H3,(H,23,26)/t18-/m1/s1. The molecule has 5 heteroatoms. The average molecular weight is 366 g/mol. The summed E-state index contributed by atoms with van der Waals surface area (Å²) in [4.78, 5) is 26.9. The molecule has 0 radical (unpaired) electrons. The van der Waals surface area contributed by atoms with Crippen LogP contribution in [-0.4, -0.2) is 36.9 Å². The van der Waals surface area contributed by atoms with Crippen LogP contribution in [0.1, 0.15) is 24.8 Å². The number of Topliss-reactive ketones (excluding diaryl/α,β-unsaturated/α-hetero) is 1. The van der Waals surface area contributed by atoms with E-state index in [1.165, 1.54) is 5.56 Å². The lowest BCUT2D eigenvalue weighted by atomic mass is 9.91. The number of urea groups is 1. The zero-order valence-corrected chi connectivity index (χ0v) is 15.7. The van der Waals surface area contributed by atoms with Gasteiger partial charge in [-0.2, -0.15) is 0 Å². The second-order valence-electron chi connectivity index (χ2n) is 6.90. The number of nitrogens with one attached hydrogen (secondary N) is 1. The number of rotatable bonds is 6. The summed E-state index contributed by atoms with van der Waals surface area (Å²) in [5.74, 6) is 0.930. The number of ketones is 1. The Labute approximate surface area is 160 Å². The number of benzene rings is 2. The molecule has 1 aliphatic heterocycles. The highest BCUT2D eigenvalue weighted by atomic mass is 16.5. The van der Waals surface area contributed by atoms with E-state index >= 15 is 0 Å². The largest absolute Gasteiger partial charge is 0.497 e. The molecule has 0 spiro atoms. The van der Waals surface area contributed by atoms with Crippen LogP contribution in [-0.2, 0) is 11.2 Å². The van der Waals surface area contributed by atoms with Crippen molar-refractivity contribution in [3.63, 3.8) is 0 Å². The maximum atomic E-state index is 12.6. The second-order valence-corrected chi connectivity index (χ2v) is 6.90. The Hall–Kier alpha value is -2.82. The molecule has 5 nitrogen and oxygen atoms in total. The summed E-state index contributed by atoms with van der Waals surface area (Å²) in [7, 11) is 1.61. The molecule has 1 atom stereocenters. The van der Waals surface area contributed by atoms with Crippen molar-refractivity contribution in [3.8, 4) is 5.75 Å². The van der Waals surface area contributed by atoms with Crippen molar-refractivity contribution < 1.29 is 14.3 Å². The van der Waals surface area contributed by atoms with Crippen LogP contribution in [0.3, 0.4) is 0 Å². The highest BCUT2D eigenvalue weighted by Crippen LogP contribution is 2.21. The van der Waals surface area contributed by atoms with Crippen LogP contribution in [0, 0.1) is 5.92 Å². The van der Waals surface area contributed by atoms with E-state index in [-0.39, 0.29) is 17.7 Å². The molecule has 0 bridgehead atoms. The Morgan fingerprint density at radius 1 is 1.11 bits per heavy atom. The van der Waals surface area contributed by atoms with E-state index in [1.807, 2.05) is 54.6 Å². The van der Waals surface area contributed by atoms with Gasteiger partial charge in [0.15, 0.2) is 0 Å². The minimum Gasteiger partial charge on any atom is -0.497 e. The van der Waals surface area contributed by atoms with E-state index in [0.717, 1.165) is 30.7 Å². The molecule has 1 heterocycles. The van der Waals surface area contributed by atoms with Crippen molar-refractivity contribution >= 4 is 17.5 Å². The molecule has 27 heavy (non-hydrogen) atoms. The van der Waals surface area contributed by atoms with E-state index < -0.39 is 0 Å². The first kappa shape index (κ1) is 19.0. The van der Waals surface area contributed by atoms with E-state index in [2.05, 4.69) is 5.32 Å². The summed E-state index contributed by atoms with van der Waals surface area (Å²) in [6, 6.07) is 17.1. The van der Waals surface area contributed by atoms with Gasteiger partial charge in [-0.25, -0.2) is 4.79 Å². The summed E-state index contributed by atoms with van der Waals surface area (Å²) < 4.78 is 5.13. The number of methoxy groups -OCH3 is 1. The molecule has 0 aromatic heterocycles. The first-order valence-electron chi connectivity index (χ1n) is 9.42. The fraction of sp³-hybridized carbons (Fsp3) is 0.364. The van der Waals surface area contributed by atoms with Gasteiger partial charge >= 0.3 is 6.03 Å². The number of piperidine rings is 1. The van der Waals surface area contributed by atoms with Crippen molar-refractivity contribution in [3.05, 3.63) is 60.2 Å². The Balaban J connectivity index is 1.51. The predicted molar refractivity (Wildman–Crippen MR) is 106 cm³/mol. The average Bonchev–Trinajstić information content (AvgIpc) is 2.73. The molecule has 1 fully saturated rings. The number of carbonyl (C=O) groups excluding carboxylic acids is 2. The molecule has 2 aromatic rings. The second kappa shape index (κ2) is 9.21. The van der Waals surface area contributed by atoms with Crippen molar-refractivity contribution in [2.24, 2.45) is 5.92 Å². The lowest BCUT2D eigenvalue weighted by Crippen LogP contribution is -2.44. The zero-order valence-electron chi connectivity index (χ0n) is 15.7. The third kappa shape index (κ3) is 5.33. The van der Waals surface area contributed by atoms with Gasteiger partial charge in [0.25, 0.3) is 0 Å². The summed E-state index contributed by atoms with van der Waals surface area (Å²) in [6.07, 6.45) is 3.01. The van der Waals surface area contributed by atoms with E-state index in [4.69, 9.17) is 4.74 Å². The fourth-order valence-corrected chi connectivity index (χ4v) is 3.42. The molecular formula is C22H26N2O3. The topological polar surface area (TPSA) is 58.6 Å². The highest BCUT2D eigenvalue weighted by molar-refractivity contribution is 5.90. The maximum Gasteiger partial charge on any atom is 0.321 e. The minimum atomic E-state index is -0.152. The quantitative estimate of drug-likeness (QED) is 0.836. The van der Waals surface area contributed by atoms with Crippen molar-refractivity contribution in [2.45, 2.75) is 25.7 Å². The lowest BCUT2D eigenvalue weighted by molar-refractivity contribution is -0.124. The molecule has 1 saturated heterocycles. The molecule has 0 aliphatic carbocycles. The monoisotopic (exact) mass is 366 g/mol. The van der Waals surface area contributed by atoms with E-state index in [9.17, 15) is 9.59 Å². The predicted octanol–water partition coefficient (Wildman–Crippen LogP) is 4.14. The van der Waals surface area contributed by atoms with Crippen molar-refractivity contribution in [2.75, 3.05) is 25.5 Å². The third-order valence-electron chi connectivity index (χ3n) is 5.01. The zero-order chi connectivity index (χ0) is 19.1. The van der Waals surface area contributed by atoms with Crippen LogP contribution in [0.15, 0.2) is 54.6 Å². The van der Waals surface area contributed by atoms with E-state index in [0.29, 0.717) is 19.5 Å².